The van der Waals surface area contributed by atoms with Gasteiger partial charge in [-0.15, -0.1) is 0 Å². The van der Waals surface area contributed by atoms with Gasteiger partial charge in [-0.25, -0.2) is 9.50 Å². The van der Waals surface area contributed by atoms with Crippen molar-refractivity contribution in [3.8, 4) is 0 Å². The molecule has 1 aliphatic heterocycles. The van der Waals surface area contributed by atoms with E-state index in [-0.39, 0.29) is 12.0 Å². The first-order chi connectivity index (χ1) is 11.1. The molecule has 1 N–H and O–H groups in total. The molecule has 2 atom stereocenters. The molecule has 7 heteroatoms. The number of hydrogen-bond acceptors (Lipinski definition) is 4. The lowest BCUT2D eigenvalue weighted by Crippen LogP contribution is -2.43. The average molecular weight is 379 g/mol. The lowest BCUT2D eigenvalue weighted by atomic mass is 9.91. The standard InChI is InChI=1S/C16H19BrN4O2/c1-9-6-11(16(22)23)4-5-20(9)15-14-12(10-2-3-10)7-13(17)21(14)19-8-18-15/h7-11H,2-6H2,1H3,(H,22,23)/t9-,11-/m0/s1. The van der Waals surface area contributed by atoms with E-state index in [4.69, 9.17) is 0 Å². The zero-order chi connectivity index (χ0) is 16.1. The molecule has 1 saturated heterocycles. The highest BCUT2D eigenvalue weighted by atomic mass is 79.9. The van der Waals surface area contributed by atoms with Crippen molar-refractivity contribution in [3.05, 3.63) is 22.6 Å². The van der Waals surface area contributed by atoms with Crippen molar-refractivity contribution in [2.24, 2.45) is 5.92 Å². The maximum Gasteiger partial charge on any atom is 0.306 e. The van der Waals surface area contributed by atoms with Gasteiger partial charge in [-0.2, -0.15) is 5.10 Å². The van der Waals surface area contributed by atoms with Crippen molar-refractivity contribution >= 4 is 33.2 Å². The van der Waals surface area contributed by atoms with Crippen LogP contribution >= 0.6 is 15.9 Å². The molecule has 4 rings (SSSR count). The Bertz CT molecular complexity index is 771. The highest BCUT2D eigenvalue weighted by molar-refractivity contribution is 9.10. The van der Waals surface area contributed by atoms with Crippen LogP contribution in [0.25, 0.3) is 5.52 Å². The van der Waals surface area contributed by atoms with Gasteiger partial charge in [0.2, 0.25) is 0 Å². The minimum atomic E-state index is -0.687. The van der Waals surface area contributed by atoms with Crippen LogP contribution in [0.4, 0.5) is 5.82 Å². The Hall–Kier alpha value is -1.63. The third kappa shape index (κ3) is 2.51. The molecule has 1 aliphatic carbocycles. The second kappa shape index (κ2) is 5.47. The van der Waals surface area contributed by atoms with E-state index in [1.54, 1.807) is 6.33 Å². The second-order valence-corrected chi connectivity index (χ2v) is 7.46. The summed E-state index contributed by atoms with van der Waals surface area (Å²) < 4.78 is 2.86. The Morgan fingerprint density at radius 1 is 1.39 bits per heavy atom. The summed E-state index contributed by atoms with van der Waals surface area (Å²) in [5, 5.41) is 13.6. The number of carboxylic acid groups (broad SMARTS) is 1. The predicted octanol–water partition coefficient (Wildman–Crippen LogP) is 3.06. The van der Waals surface area contributed by atoms with Crippen LogP contribution in [-0.2, 0) is 4.79 Å². The van der Waals surface area contributed by atoms with Gasteiger partial charge in [-0.3, -0.25) is 4.79 Å². The first kappa shape index (κ1) is 14.9. The molecule has 2 aromatic heterocycles. The lowest BCUT2D eigenvalue weighted by molar-refractivity contribution is -0.142. The molecule has 23 heavy (non-hydrogen) atoms. The van der Waals surface area contributed by atoms with Crippen LogP contribution in [0.3, 0.4) is 0 Å². The molecular weight excluding hydrogens is 360 g/mol. The average Bonchev–Trinajstić information content (AvgIpc) is 3.32. The van der Waals surface area contributed by atoms with Gasteiger partial charge in [0.05, 0.1) is 5.92 Å². The normalized spacial score (nSPS) is 25.0. The van der Waals surface area contributed by atoms with Crippen LogP contribution < -0.4 is 4.90 Å². The van der Waals surface area contributed by atoms with Crippen LogP contribution in [0.2, 0.25) is 0 Å². The van der Waals surface area contributed by atoms with Crippen LogP contribution in [0.15, 0.2) is 17.0 Å². The first-order valence-electron chi connectivity index (χ1n) is 8.08. The van der Waals surface area contributed by atoms with Crippen LogP contribution in [0.1, 0.15) is 44.1 Å². The monoisotopic (exact) mass is 378 g/mol. The molecule has 1 saturated carbocycles. The lowest BCUT2D eigenvalue weighted by Gasteiger charge is -2.37. The van der Waals surface area contributed by atoms with Gasteiger partial charge >= 0.3 is 5.97 Å². The van der Waals surface area contributed by atoms with Crippen LogP contribution in [-0.4, -0.2) is 38.3 Å². The molecule has 0 spiro atoms. The number of carbonyl (C=O) groups is 1. The SMILES string of the molecule is C[C@H]1C[C@@H](C(=O)O)CCN1c1ncnn2c(Br)cc(C3CC3)c12. The minimum Gasteiger partial charge on any atom is -0.481 e. The van der Waals surface area contributed by atoms with E-state index in [9.17, 15) is 9.90 Å². The Morgan fingerprint density at radius 3 is 2.83 bits per heavy atom. The number of hydrogen-bond donors (Lipinski definition) is 1. The molecule has 2 aliphatic rings. The summed E-state index contributed by atoms with van der Waals surface area (Å²) in [6.45, 7) is 2.81. The molecule has 0 aromatic carbocycles. The summed E-state index contributed by atoms with van der Waals surface area (Å²) in [4.78, 5) is 18.1. The van der Waals surface area contributed by atoms with Crippen molar-refractivity contribution in [1.82, 2.24) is 14.6 Å². The van der Waals surface area contributed by atoms with E-state index in [0.29, 0.717) is 18.8 Å². The molecule has 2 aromatic rings. The summed E-state index contributed by atoms with van der Waals surface area (Å²) in [6, 6.07) is 2.31. The number of piperidine rings is 1. The van der Waals surface area contributed by atoms with E-state index in [2.05, 4.69) is 43.9 Å². The van der Waals surface area contributed by atoms with Crippen molar-refractivity contribution in [2.45, 2.75) is 44.6 Å². The maximum absolute atomic E-state index is 11.3. The summed E-state index contributed by atoms with van der Waals surface area (Å²) in [5.74, 6) is 0.603. The zero-order valence-electron chi connectivity index (χ0n) is 12.9. The van der Waals surface area contributed by atoms with Crippen molar-refractivity contribution in [2.75, 3.05) is 11.4 Å². The molecule has 0 amide bonds. The first-order valence-corrected chi connectivity index (χ1v) is 8.87. The highest BCUT2D eigenvalue weighted by Crippen LogP contribution is 2.45. The summed E-state index contributed by atoms with van der Waals surface area (Å²) in [5.41, 5.74) is 2.38. The second-order valence-electron chi connectivity index (χ2n) is 6.64. The van der Waals surface area contributed by atoms with Crippen LogP contribution in [0.5, 0.6) is 0 Å². The molecule has 2 fully saturated rings. The molecular formula is C16H19BrN4O2. The fourth-order valence-corrected chi connectivity index (χ4v) is 4.16. The number of anilines is 1. The molecule has 0 unspecified atom stereocenters. The number of nitrogens with zero attached hydrogens (tertiary/aromatic N) is 4. The molecule has 6 nitrogen and oxygen atoms in total. The van der Waals surface area contributed by atoms with Gasteiger partial charge in [-0.1, -0.05) is 0 Å². The van der Waals surface area contributed by atoms with E-state index in [1.165, 1.54) is 18.4 Å². The Balaban J connectivity index is 1.76. The molecule has 0 bridgehead atoms. The van der Waals surface area contributed by atoms with E-state index in [0.717, 1.165) is 22.5 Å². The number of carboxylic acids is 1. The Morgan fingerprint density at radius 2 is 2.17 bits per heavy atom. The van der Waals surface area contributed by atoms with Gasteiger partial charge in [-0.05, 0) is 66.1 Å². The topological polar surface area (TPSA) is 70.7 Å². The number of rotatable bonds is 3. The van der Waals surface area contributed by atoms with Gasteiger partial charge in [0, 0.05) is 12.6 Å². The van der Waals surface area contributed by atoms with Crippen molar-refractivity contribution in [3.63, 3.8) is 0 Å². The fraction of sp³-hybridized carbons (Fsp3) is 0.562. The Kier molecular flexibility index (Phi) is 3.55. The third-order valence-corrected chi connectivity index (χ3v) is 5.60. The largest absolute Gasteiger partial charge is 0.481 e. The van der Waals surface area contributed by atoms with Gasteiger partial charge in [0.15, 0.2) is 5.82 Å². The number of aromatic nitrogens is 3. The summed E-state index contributed by atoms with van der Waals surface area (Å²) in [6.07, 6.45) is 5.34. The summed E-state index contributed by atoms with van der Waals surface area (Å²) in [7, 11) is 0. The molecule has 0 radical (unpaired) electrons. The van der Waals surface area contributed by atoms with Crippen molar-refractivity contribution in [1.29, 1.82) is 0 Å². The van der Waals surface area contributed by atoms with Gasteiger partial charge in [0.1, 0.15) is 16.4 Å². The van der Waals surface area contributed by atoms with Crippen LogP contribution in [0, 0.1) is 5.92 Å². The Labute approximate surface area is 142 Å². The van der Waals surface area contributed by atoms with Gasteiger partial charge < -0.3 is 10.0 Å². The molecule has 122 valence electrons. The number of aliphatic carboxylic acids is 1. The zero-order valence-corrected chi connectivity index (χ0v) is 14.5. The number of halogens is 1. The van der Waals surface area contributed by atoms with E-state index in [1.807, 2.05) is 4.52 Å². The van der Waals surface area contributed by atoms with E-state index < -0.39 is 5.97 Å². The smallest absolute Gasteiger partial charge is 0.306 e. The third-order valence-electron chi connectivity index (χ3n) is 5.04. The summed E-state index contributed by atoms with van der Waals surface area (Å²) >= 11 is 3.59. The quantitative estimate of drug-likeness (QED) is 0.888. The fourth-order valence-electron chi connectivity index (χ4n) is 3.64. The predicted molar refractivity (Wildman–Crippen MR) is 89.8 cm³/mol. The maximum atomic E-state index is 11.3. The highest BCUT2D eigenvalue weighted by Gasteiger charge is 2.34. The minimum absolute atomic E-state index is 0.157. The van der Waals surface area contributed by atoms with E-state index >= 15 is 0 Å². The van der Waals surface area contributed by atoms with Crippen molar-refractivity contribution < 1.29 is 9.90 Å². The molecule has 3 heterocycles. The number of fused-ring (bicyclic) bond motifs is 1. The van der Waals surface area contributed by atoms with Gasteiger partial charge in [0.25, 0.3) is 0 Å².